The van der Waals surface area contributed by atoms with Crippen LogP contribution in [-0.4, -0.2) is 31.1 Å². The third-order valence-electron chi connectivity index (χ3n) is 16.6. The Morgan fingerprint density at radius 3 is 2.05 bits per heavy atom. The van der Waals surface area contributed by atoms with E-state index < -0.39 is 0 Å². The van der Waals surface area contributed by atoms with E-state index in [2.05, 4.69) is 47.6 Å². The van der Waals surface area contributed by atoms with Crippen molar-refractivity contribution in [2.45, 2.75) is 195 Å². The lowest BCUT2D eigenvalue weighted by atomic mass is 9.47. The second kappa shape index (κ2) is 24.3. The van der Waals surface area contributed by atoms with Crippen molar-refractivity contribution >= 4 is 17.8 Å². The number of ketones is 1. The van der Waals surface area contributed by atoms with Crippen molar-refractivity contribution in [3.8, 4) is 11.5 Å². The predicted octanol–water partition coefficient (Wildman–Crippen LogP) is 16.0. The first-order valence-electron chi connectivity index (χ1n) is 26.1. The zero-order valence-corrected chi connectivity index (χ0v) is 40.6. The standard InChI is InChI=1S/C58H86O5/c1-7-8-9-10-11-12-13-14-16-40-61-48-28-22-45(23-29-48)24-35-55(59)46-25-30-49(31-26-46)62-41-17-15-21-56(60)63-50-36-38-57(5)47(42-50)27-32-51-53-34-33-52(44(4)20-18-19-43(2)3)58(53,6)39-37-54(51)57/h22-31,35,43-44,50-54H,7-21,32-34,36-42H2,1-6H3/b35-24+/t44-,50?,51+,52-,53+,54+,57+,58-/m1/s1. The molecular formula is C58H86O5. The Labute approximate surface area is 384 Å². The van der Waals surface area contributed by atoms with Crippen LogP contribution in [0.4, 0.5) is 0 Å². The molecule has 6 rings (SSSR count). The van der Waals surface area contributed by atoms with Crippen molar-refractivity contribution < 1.29 is 23.8 Å². The summed E-state index contributed by atoms with van der Waals surface area (Å²) >= 11 is 0. The molecule has 0 radical (unpaired) electrons. The number of hydrogen-bond acceptors (Lipinski definition) is 5. The van der Waals surface area contributed by atoms with Crippen molar-refractivity contribution in [3.63, 3.8) is 0 Å². The van der Waals surface area contributed by atoms with Crippen molar-refractivity contribution in [1.82, 2.24) is 0 Å². The Morgan fingerprint density at radius 2 is 1.37 bits per heavy atom. The Kier molecular flexibility index (Phi) is 18.9. The fraction of sp³-hybridized carbons (Fsp3) is 0.690. The lowest BCUT2D eigenvalue weighted by Crippen LogP contribution is -2.51. The Morgan fingerprint density at radius 1 is 0.714 bits per heavy atom. The highest BCUT2D eigenvalue weighted by atomic mass is 16.5. The van der Waals surface area contributed by atoms with E-state index in [9.17, 15) is 9.59 Å². The third-order valence-corrected chi connectivity index (χ3v) is 16.6. The highest BCUT2D eigenvalue weighted by Crippen LogP contribution is 2.67. The molecule has 5 nitrogen and oxygen atoms in total. The van der Waals surface area contributed by atoms with Gasteiger partial charge in [0.2, 0.25) is 0 Å². The van der Waals surface area contributed by atoms with Gasteiger partial charge in [-0.15, -0.1) is 0 Å². The van der Waals surface area contributed by atoms with Crippen LogP contribution in [0.3, 0.4) is 0 Å². The largest absolute Gasteiger partial charge is 0.494 e. The van der Waals surface area contributed by atoms with Crippen LogP contribution in [-0.2, 0) is 9.53 Å². The SMILES string of the molecule is CCCCCCCCCCCOc1ccc(/C=C/C(=O)c2ccc(OCCCCC(=O)OC3CC[C@@]4(C)C(=CC[C@H]5[C@@H]6CC[C@H]([C@H](C)CCCC(C)C)[C@@]6(C)CC[C@@H]54)C3)cc2)cc1. The van der Waals surface area contributed by atoms with E-state index in [1.165, 1.54) is 103 Å². The highest BCUT2D eigenvalue weighted by Gasteiger charge is 2.59. The number of esters is 1. The molecule has 0 saturated heterocycles. The van der Waals surface area contributed by atoms with Gasteiger partial charge >= 0.3 is 5.97 Å². The van der Waals surface area contributed by atoms with E-state index >= 15 is 0 Å². The Bertz CT molecular complexity index is 1760. The summed E-state index contributed by atoms with van der Waals surface area (Å²) in [6.45, 7) is 16.1. The summed E-state index contributed by atoms with van der Waals surface area (Å²) < 4.78 is 18.0. The van der Waals surface area contributed by atoms with E-state index in [0.29, 0.717) is 24.0 Å². The van der Waals surface area contributed by atoms with E-state index in [1.54, 1.807) is 11.6 Å². The molecule has 3 saturated carbocycles. The number of carbonyl (C=O) groups excluding carboxylic acids is 2. The smallest absolute Gasteiger partial charge is 0.306 e. The minimum Gasteiger partial charge on any atom is -0.494 e. The van der Waals surface area contributed by atoms with E-state index in [0.717, 1.165) is 97.7 Å². The zero-order valence-electron chi connectivity index (χ0n) is 40.6. The summed E-state index contributed by atoms with van der Waals surface area (Å²) in [7, 11) is 0. The molecule has 2 aromatic carbocycles. The summed E-state index contributed by atoms with van der Waals surface area (Å²) in [6.07, 6.45) is 33.8. The molecule has 0 heterocycles. The first-order chi connectivity index (χ1) is 30.5. The van der Waals surface area contributed by atoms with Gasteiger partial charge in [-0.3, -0.25) is 9.59 Å². The van der Waals surface area contributed by atoms with Crippen LogP contribution in [0.1, 0.15) is 205 Å². The topological polar surface area (TPSA) is 61.8 Å². The van der Waals surface area contributed by atoms with Crippen molar-refractivity contribution in [2.24, 2.45) is 46.3 Å². The molecule has 2 aromatic rings. The first-order valence-corrected chi connectivity index (χ1v) is 26.1. The van der Waals surface area contributed by atoms with Gasteiger partial charge in [0.05, 0.1) is 13.2 Å². The van der Waals surface area contributed by atoms with Crippen LogP contribution >= 0.6 is 0 Å². The van der Waals surface area contributed by atoms with Crippen molar-refractivity contribution in [3.05, 3.63) is 77.4 Å². The van der Waals surface area contributed by atoms with E-state index in [-0.39, 0.29) is 23.3 Å². The minimum atomic E-state index is -0.0737. The van der Waals surface area contributed by atoms with Gasteiger partial charge in [-0.25, -0.2) is 0 Å². The first kappa shape index (κ1) is 49.1. The van der Waals surface area contributed by atoms with E-state index in [1.807, 2.05) is 54.6 Å². The number of ether oxygens (including phenoxy) is 3. The van der Waals surface area contributed by atoms with Gasteiger partial charge in [0, 0.05) is 18.4 Å². The molecule has 4 aliphatic carbocycles. The maximum atomic E-state index is 13.0. The number of fused-ring (bicyclic) bond motifs is 5. The maximum Gasteiger partial charge on any atom is 0.306 e. The van der Waals surface area contributed by atoms with E-state index in [4.69, 9.17) is 14.2 Å². The molecule has 63 heavy (non-hydrogen) atoms. The molecule has 0 spiro atoms. The number of allylic oxidation sites excluding steroid dienone is 2. The van der Waals surface area contributed by atoms with Crippen LogP contribution in [0.2, 0.25) is 0 Å². The third kappa shape index (κ3) is 13.6. The lowest BCUT2D eigenvalue weighted by Gasteiger charge is -2.58. The zero-order chi connectivity index (χ0) is 44.7. The molecule has 0 aliphatic heterocycles. The molecule has 3 fully saturated rings. The number of hydrogen-bond donors (Lipinski definition) is 0. The molecule has 0 bridgehead atoms. The van der Waals surface area contributed by atoms with Gasteiger partial charge in [0.1, 0.15) is 17.6 Å². The molecule has 1 unspecified atom stereocenters. The molecule has 0 aromatic heterocycles. The number of unbranched alkanes of at least 4 members (excludes halogenated alkanes) is 9. The Hall–Kier alpha value is -3.34. The van der Waals surface area contributed by atoms with Gasteiger partial charge in [-0.1, -0.05) is 142 Å². The molecule has 348 valence electrons. The summed E-state index contributed by atoms with van der Waals surface area (Å²) in [6, 6.07) is 15.3. The molecule has 0 N–H and O–H groups in total. The summed E-state index contributed by atoms with van der Waals surface area (Å²) in [5.41, 5.74) is 3.95. The second-order valence-corrected chi connectivity index (χ2v) is 21.4. The number of carbonyl (C=O) groups is 2. The molecule has 0 amide bonds. The molecule has 4 aliphatic rings. The minimum absolute atomic E-state index is 0.0105. The van der Waals surface area contributed by atoms with Crippen LogP contribution in [0.15, 0.2) is 66.3 Å². The quantitative estimate of drug-likeness (QED) is 0.0310. The fourth-order valence-electron chi connectivity index (χ4n) is 12.8. The summed E-state index contributed by atoms with van der Waals surface area (Å²) in [5.74, 6) is 6.50. The van der Waals surface area contributed by atoms with Gasteiger partial charge in [0.15, 0.2) is 5.78 Å². The number of rotatable bonds is 26. The summed E-state index contributed by atoms with van der Waals surface area (Å²) in [4.78, 5) is 25.9. The molecule has 5 heteroatoms. The lowest BCUT2D eigenvalue weighted by molar-refractivity contribution is -0.151. The van der Waals surface area contributed by atoms with Gasteiger partial charge in [-0.05, 0) is 159 Å². The second-order valence-electron chi connectivity index (χ2n) is 21.4. The average molecular weight is 863 g/mol. The van der Waals surface area contributed by atoms with Crippen LogP contribution in [0, 0.1) is 46.3 Å². The van der Waals surface area contributed by atoms with Gasteiger partial charge in [0.25, 0.3) is 0 Å². The van der Waals surface area contributed by atoms with Crippen LogP contribution < -0.4 is 9.47 Å². The fourth-order valence-corrected chi connectivity index (χ4v) is 12.8. The average Bonchev–Trinajstić information content (AvgIpc) is 3.64. The highest BCUT2D eigenvalue weighted by molar-refractivity contribution is 6.06. The van der Waals surface area contributed by atoms with Gasteiger partial charge in [-0.2, -0.15) is 0 Å². The van der Waals surface area contributed by atoms with Crippen LogP contribution in [0.5, 0.6) is 11.5 Å². The van der Waals surface area contributed by atoms with Crippen LogP contribution in [0.25, 0.3) is 6.08 Å². The summed E-state index contributed by atoms with van der Waals surface area (Å²) in [5, 5.41) is 0. The predicted molar refractivity (Wildman–Crippen MR) is 261 cm³/mol. The number of benzene rings is 2. The van der Waals surface area contributed by atoms with Gasteiger partial charge < -0.3 is 14.2 Å². The normalized spacial score (nSPS) is 27.0. The molecular weight excluding hydrogens is 777 g/mol. The van der Waals surface area contributed by atoms with Crippen molar-refractivity contribution in [2.75, 3.05) is 13.2 Å². The van der Waals surface area contributed by atoms with Crippen molar-refractivity contribution in [1.29, 1.82) is 0 Å². The Balaban J connectivity index is 0.841. The molecule has 8 atom stereocenters. The maximum absolute atomic E-state index is 13.0. The monoisotopic (exact) mass is 863 g/mol.